The van der Waals surface area contributed by atoms with Crippen LogP contribution in [0, 0.1) is 0 Å². The first-order valence-corrected chi connectivity index (χ1v) is 9.52. The molecular weight excluding hydrogens is 312 g/mol. The molecule has 0 aromatic heterocycles. The Kier molecular flexibility index (Phi) is 8.63. The summed E-state index contributed by atoms with van der Waals surface area (Å²) in [5, 5.41) is 0.742. The minimum absolute atomic E-state index is 0.0808. The molecular formula is C13H27BrO3Si. The Labute approximate surface area is 121 Å². The van der Waals surface area contributed by atoms with Gasteiger partial charge in [-0.15, -0.1) is 0 Å². The van der Waals surface area contributed by atoms with Gasteiger partial charge in [-0.3, -0.25) is 0 Å². The number of hydrogen-bond acceptors (Lipinski definition) is 3. The van der Waals surface area contributed by atoms with Crippen LogP contribution in [0.15, 0.2) is 12.2 Å². The molecule has 108 valence electrons. The summed E-state index contributed by atoms with van der Waals surface area (Å²) in [6, 6.07) is 0.660. The second-order valence-electron chi connectivity index (χ2n) is 5.24. The first kappa shape index (κ1) is 18.3. The predicted molar refractivity (Wildman–Crippen MR) is 82.2 cm³/mol. The molecule has 0 saturated carbocycles. The van der Waals surface area contributed by atoms with Crippen molar-refractivity contribution in [3.05, 3.63) is 12.2 Å². The Bertz CT molecular complexity index is 228. The van der Waals surface area contributed by atoms with Crippen LogP contribution in [-0.2, 0) is 13.3 Å². The molecule has 0 atom stereocenters. The zero-order valence-corrected chi connectivity index (χ0v) is 15.0. The van der Waals surface area contributed by atoms with Crippen molar-refractivity contribution in [1.29, 1.82) is 0 Å². The lowest BCUT2D eigenvalue weighted by Crippen LogP contribution is -2.51. The van der Waals surface area contributed by atoms with Crippen molar-refractivity contribution in [3.63, 3.8) is 0 Å². The summed E-state index contributed by atoms with van der Waals surface area (Å²) in [5.74, 6) is 0. The minimum Gasteiger partial charge on any atom is -0.371 e. The second kappa shape index (κ2) is 8.48. The van der Waals surface area contributed by atoms with E-state index in [4.69, 9.17) is 13.3 Å². The Morgan fingerprint density at radius 1 is 0.944 bits per heavy atom. The number of hydrogen-bond donors (Lipinski definition) is 0. The highest BCUT2D eigenvalue weighted by molar-refractivity contribution is 9.09. The maximum atomic E-state index is 6.04. The quantitative estimate of drug-likeness (QED) is 0.359. The highest BCUT2D eigenvalue weighted by Crippen LogP contribution is 2.26. The third-order valence-corrected chi connectivity index (χ3v) is 6.12. The molecule has 0 aliphatic heterocycles. The summed E-state index contributed by atoms with van der Waals surface area (Å²) in [5.41, 5.74) is 1.05. The second-order valence-corrected chi connectivity index (χ2v) is 8.23. The molecule has 0 heterocycles. The van der Waals surface area contributed by atoms with Crippen LogP contribution in [0.3, 0.4) is 0 Å². The Morgan fingerprint density at radius 3 is 1.50 bits per heavy atom. The van der Waals surface area contributed by atoms with E-state index in [1.54, 1.807) is 0 Å². The van der Waals surface area contributed by atoms with Gasteiger partial charge in [0, 0.05) is 29.7 Å². The zero-order chi connectivity index (χ0) is 14.3. The van der Waals surface area contributed by atoms with E-state index < -0.39 is 8.80 Å². The first-order valence-electron chi connectivity index (χ1n) is 6.47. The van der Waals surface area contributed by atoms with Crippen molar-refractivity contribution in [1.82, 2.24) is 0 Å². The molecule has 0 amide bonds. The fourth-order valence-electron chi connectivity index (χ4n) is 1.64. The molecule has 0 aromatic carbocycles. The van der Waals surface area contributed by atoms with Gasteiger partial charge in [0.05, 0.1) is 0 Å². The Hall–Kier alpha value is 0.317. The van der Waals surface area contributed by atoms with Crippen LogP contribution in [0.1, 0.15) is 41.5 Å². The fraction of sp³-hybridized carbons (Fsp3) is 0.846. The molecule has 0 radical (unpaired) electrons. The molecule has 0 aliphatic rings. The van der Waals surface area contributed by atoms with Crippen LogP contribution in [0.2, 0.25) is 6.04 Å². The maximum absolute atomic E-state index is 6.04. The number of halogens is 1. The highest BCUT2D eigenvalue weighted by Gasteiger charge is 2.44. The van der Waals surface area contributed by atoms with Crippen molar-refractivity contribution in [3.8, 4) is 0 Å². The van der Waals surface area contributed by atoms with Crippen molar-refractivity contribution in [2.24, 2.45) is 0 Å². The molecule has 0 aromatic rings. The lowest BCUT2D eigenvalue weighted by Gasteiger charge is -2.34. The minimum atomic E-state index is -2.70. The van der Waals surface area contributed by atoms with Gasteiger partial charge in [-0.05, 0) is 41.5 Å². The van der Waals surface area contributed by atoms with E-state index in [-0.39, 0.29) is 18.3 Å². The van der Waals surface area contributed by atoms with Crippen molar-refractivity contribution < 1.29 is 13.3 Å². The molecule has 0 unspecified atom stereocenters. The van der Waals surface area contributed by atoms with Crippen LogP contribution in [-0.4, -0.2) is 32.4 Å². The molecule has 0 rings (SSSR count). The van der Waals surface area contributed by atoms with Crippen LogP contribution in [0.4, 0.5) is 0 Å². The summed E-state index contributed by atoms with van der Waals surface area (Å²) in [6.07, 6.45) is 0.242. The van der Waals surface area contributed by atoms with Gasteiger partial charge in [-0.1, -0.05) is 28.1 Å². The van der Waals surface area contributed by atoms with Crippen LogP contribution in [0.5, 0.6) is 0 Å². The number of alkyl halides is 1. The van der Waals surface area contributed by atoms with E-state index in [1.807, 2.05) is 41.5 Å². The van der Waals surface area contributed by atoms with Gasteiger partial charge >= 0.3 is 8.80 Å². The number of allylic oxidation sites excluding steroid dienone is 1. The van der Waals surface area contributed by atoms with Gasteiger partial charge < -0.3 is 13.3 Å². The van der Waals surface area contributed by atoms with E-state index >= 15 is 0 Å². The van der Waals surface area contributed by atoms with Crippen molar-refractivity contribution in [2.75, 3.05) is 5.33 Å². The molecule has 18 heavy (non-hydrogen) atoms. The normalized spacial score (nSPS) is 12.8. The molecule has 3 nitrogen and oxygen atoms in total. The lowest BCUT2D eigenvalue weighted by atomic mass is 10.4. The molecule has 0 aliphatic carbocycles. The van der Waals surface area contributed by atoms with Gasteiger partial charge in [0.15, 0.2) is 0 Å². The summed E-state index contributed by atoms with van der Waals surface area (Å²) >= 11 is 3.42. The first-order chi connectivity index (χ1) is 8.20. The third-order valence-electron chi connectivity index (χ3n) is 1.90. The summed E-state index contributed by atoms with van der Waals surface area (Å²) in [6.45, 7) is 16.1. The SMILES string of the molecule is C=C(CBr)C[Si](OC(C)C)(OC(C)C)OC(C)C. The van der Waals surface area contributed by atoms with Gasteiger partial charge in [-0.25, -0.2) is 0 Å². The van der Waals surface area contributed by atoms with Gasteiger partial charge in [0.2, 0.25) is 0 Å². The van der Waals surface area contributed by atoms with E-state index in [1.165, 1.54) is 0 Å². The fourth-order valence-corrected chi connectivity index (χ4v) is 5.51. The molecule has 0 bridgehead atoms. The average Bonchev–Trinajstić information content (AvgIpc) is 2.12. The maximum Gasteiger partial charge on any atom is 0.505 e. The molecule has 5 heteroatoms. The Balaban J connectivity index is 5.03. The summed E-state index contributed by atoms with van der Waals surface area (Å²) in [7, 11) is -2.70. The van der Waals surface area contributed by atoms with E-state index in [0.29, 0.717) is 6.04 Å². The third kappa shape index (κ3) is 7.69. The Morgan fingerprint density at radius 2 is 1.28 bits per heavy atom. The summed E-state index contributed by atoms with van der Waals surface area (Å²) < 4.78 is 18.1. The van der Waals surface area contributed by atoms with E-state index in [0.717, 1.165) is 10.9 Å². The highest BCUT2D eigenvalue weighted by atomic mass is 79.9. The zero-order valence-electron chi connectivity index (χ0n) is 12.5. The topological polar surface area (TPSA) is 27.7 Å². The van der Waals surface area contributed by atoms with Crippen LogP contribution < -0.4 is 0 Å². The van der Waals surface area contributed by atoms with Crippen LogP contribution >= 0.6 is 15.9 Å². The van der Waals surface area contributed by atoms with Gasteiger partial charge in [0.25, 0.3) is 0 Å². The van der Waals surface area contributed by atoms with Crippen molar-refractivity contribution >= 4 is 24.7 Å². The summed E-state index contributed by atoms with van der Waals surface area (Å²) in [4.78, 5) is 0. The number of rotatable bonds is 9. The standard InChI is InChI=1S/C13H27BrO3Si/c1-10(2)15-18(16-11(3)4,17-12(5)6)9-13(7)8-14/h10-12H,7-9H2,1-6H3. The molecule has 0 spiro atoms. The smallest absolute Gasteiger partial charge is 0.371 e. The largest absolute Gasteiger partial charge is 0.505 e. The monoisotopic (exact) mass is 338 g/mol. The molecule has 0 fully saturated rings. The molecule has 0 N–H and O–H groups in total. The van der Waals surface area contributed by atoms with E-state index in [2.05, 4.69) is 22.5 Å². The van der Waals surface area contributed by atoms with Gasteiger partial charge in [-0.2, -0.15) is 0 Å². The van der Waals surface area contributed by atoms with Gasteiger partial charge in [0.1, 0.15) is 0 Å². The van der Waals surface area contributed by atoms with Crippen LogP contribution in [0.25, 0.3) is 0 Å². The average molecular weight is 339 g/mol. The lowest BCUT2D eigenvalue weighted by molar-refractivity contribution is 0.00510. The van der Waals surface area contributed by atoms with E-state index in [9.17, 15) is 0 Å². The molecule has 0 saturated heterocycles. The predicted octanol–water partition coefficient (Wildman–Crippen LogP) is 4.15. The van der Waals surface area contributed by atoms with Crippen molar-refractivity contribution in [2.45, 2.75) is 65.9 Å².